The Balaban J connectivity index is 1.56. The van der Waals surface area contributed by atoms with E-state index in [1.54, 1.807) is 0 Å². The fourth-order valence-corrected chi connectivity index (χ4v) is 3.89. The minimum absolute atomic E-state index is 0.0822. The quantitative estimate of drug-likeness (QED) is 0.752. The van der Waals surface area contributed by atoms with Crippen LogP contribution in [0.4, 0.5) is 0 Å². The van der Waals surface area contributed by atoms with Crippen molar-refractivity contribution in [1.82, 2.24) is 10.2 Å². The Bertz CT molecular complexity index is 374. The Labute approximate surface area is 125 Å². The molecule has 2 aliphatic heterocycles. The highest BCUT2D eigenvalue weighted by molar-refractivity contribution is 5.81. The number of carbonyl (C=O) groups is 1. The van der Waals surface area contributed by atoms with E-state index in [2.05, 4.69) is 5.32 Å². The summed E-state index contributed by atoms with van der Waals surface area (Å²) in [6, 6.07) is 0. The van der Waals surface area contributed by atoms with Crippen molar-refractivity contribution in [3.05, 3.63) is 0 Å². The number of nitrogens with zero attached hydrogens (tertiary/aromatic N) is 1. The largest absolute Gasteiger partial charge is 0.392 e. The van der Waals surface area contributed by atoms with Gasteiger partial charge in [0.1, 0.15) is 6.10 Å². The monoisotopic (exact) mass is 298 g/mol. The number of carbonyl (C=O) groups excluding carboxylic acids is 1. The summed E-state index contributed by atoms with van der Waals surface area (Å²) in [4.78, 5) is 14.3. The predicted octanol–water partition coefficient (Wildman–Crippen LogP) is -0.247. The average molecular weight is 298 g/mol. The molecule has 1 saturated carbocycles. The van der Waals surface area contributed by atoms with Crippen molar-refractivity contribution < 1.29 is 19.4 Å². The third-order valence-corrected chi connectivity index (χ3v) is 5.32. The van der Waals surface area contributed by atoms with Crippen LogP contribution in [-0.4, -0.2) is 73.6 Å². The second-order valence-corrected chi connectivity index (χ2v) is 6.32. The van der Waals surface area contributed by atoms with E-state index in [0.29, 0.717) is 32.8 Å². The molecule has 6 heteroatoms. The number of morpholine rings is 1. The fraction of sp³-hybridized carbons (Fsp3) is 0.933. The van der Waals surface area contributed by atoms with E-state index >= 15 is 0 Å². The summed E-state index contributed by atoms with van der Waals surface area (Å²) in [6.07, 6.45) is 1.91. The summed E-state index contributed by atoms with van der Waals surface area (Å²) in [6.45, 7) is 6.07. The van der Waals surface area contributed by atoms with Gasteiger partial charge in [0, 0.05) is 44.6 Å². The Morgan fingerprint density at radius 1 is 1.48 bits per heavy atom. The zero-order valence-corrected chi connectivity index (χ0v) is 12.7. The highest BCUT2D eigenvalue weighted by atomic mass is 16.5. The SMILES string of the molecule is CCOC1CC(O)C12CCN(C(=O)C1CNCCO1)CC2. The van der Waals surface area contributed by atoms with Gasteiger partial charge in [-0.25, -0.2) is 0 Å². The number of aliphatic hydroxyl groups is 1. The van der Waals surface area contributed by atoms with Crippen LogP contribution in [0.15, 0.2) is 0 Å². The number of hydrogen-bond donors (Lipinski definition) is 2. The Hall–Kier alpha value is -0.690. The van der Waals surface area contributed by atoms with Crippen LogP contribution in [0.3, 0.4) is 0 Å². The molecule has 3 rings (SSSR count). The topological polar surface area (TPSA) is 71.0 Å². The van der Waals surface area contributed by atoms with Crippen LogP contribution in [0, 0.1) is 5.41 Å². The molecule has 2 saturated heterocycles. The van der Waals surface area contributed by atoms with Crippen LogP contribution in [0.1, 0.15) is 26.2 Å². The van der Waals surface area contributed by atoms with Gasteiger partial charge < -0.3 is 24.8 Å². The molecule has 3 atom stereocenters. The van der Waals surface area contributed by atoms with Gasteiger partial charge in [0.05, 0.1) is 18.8 Å². The molecule has 0 radical (unpaired) electrons. The first-order chi connectivity index (χ1) is 10.2. The van der Waals surface area contributed by atoms with Gasteiger partial charge in [0.2, 0.25) is 0 Å². The Kier molecular flexibility index (Phi) is 4.49. The predicted molar refractivity (Wildman–Crippen MR) is 76.9 cm³/mol. The third kappa shape index (κ3) is 2.70. The zero-order valence-electron chi connectivity index (χ0n) is 12.7. The molecule has 1 amide bonds. The molecule has 3 aliphatic rings. The van der Waals surface area contributed by atoms with Gasteiger partial charge >= 0.3 is 0 Å². The number of aliphatic hydroxyl groups excluding tert-OH is 1. The van der Waals surface area contributed by atoms with Crippen LogP contribution in [0.5, 0.6) is 0 Å². The lowest BCUT2D eigenvalue weighted by molar-refractivity contribution is -0.211. The summed E-state index contributed by atoms with van der Waals surface area (Å²) < 4.78 is 11.3. The fourth-order valence-electron chi connectivity index (χ4n) is 3.89. The van der Waals surface area contributed by atoms with Gasteiger partial charge in [-0.3, -0.25) is 4.79 Å². The summed E-state index contributed by atoms with van der Waals surface area (Å²) in [7, 11) is 0. The van der Waals surface area contributed by atoms with E-state index in [1.165, 1.54) is 0 Å². The molecule has 120 valence electrons. The molecule has 2 N–H and O–H groups in total. The Morgan fingerprint density at radius 3 is 2.81 bits per heavy atom. The highest BCUT2D eigenvalue weighted by Gasteiger charge is 2.56. The van der Waals surface area contributed by atoms with Gasteiger partial charge in [-0.1, -0.05) is 0 Å². The molecule has 3 fully saturated rings. The third-order valence-electron chi connectivity index (χ3n) is 5.32. The molecule has 0 bridgehead atoms. The van der Waals surface area contributed by atoms with Crippen molar-refractivity contribution in [1.29, 1.82) is 0 Å². The lowest BCUT2D eigenvalue weighted by Crippen LogP contribution is -2.63. The highest BCUT2D eigenvalue weighted by Crippen LogP contribution is 2.50. The molecular formula is C15H26N2O4. The number of hydrogen-bond acceptors (Lipinski definition) is 5. The van der Waals surface area contributed by atoms with E-state index in [1.807, 2.05) is 11.8 Å². The molecule has 0 aromatic rings. The summed E-state index contributed by atoms with van der Waals surface area (Å²) >= 11 is 0. The van der Waals surface area contributed by atoms with Crippen molar-refractivity contribution in [2.75, 3.05) is 39.4 Å². The number of nitrogens with one attached hydrogen (secondary N) is 1. The number of ether oxygens (including phenoxy) is 2. The van der Waals surface area contributed by atoms with E-state index < -0.39 is 0 Å². The van der Waals surface area contributed by atoms with Gasteiger partial charge in [0.25, 0.3) is 5.91 Å². The number of rotatable bonds is 3. The number of likely N-dealkylation sites (tertiary alicyclic amines) is 1. The van der Waals surface area contributed by atoms with E-state index in [-0.39, 0.29) is 29.6 Å². The van der Waals surface area contributed by atoms with Crippen molar-refractivity contribution in [3.8, 4) is 0 Å². The first kappa shape index (κ1) is 15.2. The molecule has 3 unspecified atom stereocenters. The first-order valence-corrected chi connectivity index (χ1v) is 8.08. The molecule has 1 aliphatic carbocycles. The van der Waals surface area contributed by atoms with E-state index in [9.17, 15) is 9.90 Å². The maximum atomic E-state index is 12.4. The second-order valence-electron chi connectivity index (χ2n) is 6.32. The smallest absolute Gasteiger partial charge is 0.253 e. The van der Waals surface area contributed by atoms with Gasteiger partial charge in [0.15, 0.2) is 0 Å². The standard InChI is InChI=1S/C15H26N2O4/c1-2-20-13-9-12(18)15(13)3-6-17(7-4-15)14(19)11-10-16-5-8-21-11/h11-13,16,18H,2-10H2,1H3. The lowest BCUT2D eigenvalue weighted by Gasteiger charge is -2.56. The van der Waals surface area contributed by atoms with Gasteiger partial charge in [-0.15, -0.1) is 0 Å². The van der Waals surface area contributed by atoms with Crippen molar-refractivity contribution >= 4 is 5.91 Å². The first-order valence-electron chi connectivity index (χ1n) is 8.08. The number of amides is 1. The Morgan fingerprint density at radius 2 is 2.24 bits per heavy atom. The normalized spacial score (nSPS) is 35.5. The average Bonchev–Trinajstić information content (AvgIpc) is 2.55. The summed E-state index contributed by atoms with van der Waals surface area (Å²) in [5.41, 5.74) is -0.127. The minimum Gasteiger partial charge on any atom is -0.392 e. The second kappa shape index (κ2) is 6.20. The summed E-state index contributed by atoms with van der Waals surface area (Å²) in [5, 5.41) is 13.4. The maximum Gasteiger partial charge on any atom is 0.253 e. The molecule has 21 heavy (non-hydrogen) atoms. The van der Waals surface area contributed by atoms with Crippen molar-refractivity contribution in [3.63, 3.8) is 0 Å². The molecule has 6 nitrogen and oxygen atoms in total. The molecule has 0 aromatic heterocycles. The number of piperidine rings is 1. The maximum absolute atomic E-state index is 12.4. The minimum atomic E-state index is -0.346. The van der Waals surface area contributed by atoms with E-state index in [4.69, 9.17) is 9.47 Å². The van der Waals surface area contributed by atoms with Gasteiger partial charge in [-0.2, -0.15) is 0 Å². The lowest BCUT2D eigenvalue weighted by atomic mass is 9.58. The molecular weight excluding hydrogens is 272 g/mol. The van der Waals surface area contributed by atoms with Crippen LogP contribution in [0.2, 0.25) is 0 Å². The van der Waals surface area contributed by atoms with Crippen molar-refractivity contribution in [2.24, 2.45) is 5.41 Å². The zero-order chi connectivity index (χ0) is 14.9. The van der Waals surface area contributed by atoms with Crippen LogP contribution >= 0.6 is 0 Å². The van der Waals surface area contributed by atoms with Crippen LogP contribution in [-0.2, 0) is 14.3 Å². The molecule has 0 aromatic carbocycles. The van der Waals surface area contributed by atoms with Gasteiger partial charge in [-0.05, 0) is 19.8 Å². The van der Waals surface area contributed by atoms with Crippen LogP contribution < -0.4 is 5.32 Å². The van der Waals surface area contributed by atoms with Crippen LogP contribution in [0.25, 0.3) is 0 Å². The summed E-state index contributed by atoms with van der Waals surface area (Å²) in [5.74, 6) is 0.0822. The van der Waals surface area contributed by atoms with E-state index in [0.717, 1.165) is 25.8 Å². The van der Waals surface area contributed by atoms with Crippen molar-refractivity contribution in [2.45, 2.75) is 44.5 Å². The molecule has 2 heterocycles. The molecule has 1 spiro atoms.